The van der Waals surface area contributed by atoms with E-state index in [4.69, 9.17) is 10.00 Å². The number of anilines is 1. The summed E-state index contributed by atoms with van der Waals surface area (Å²) >= 11 is 0. The molecule has 0 atom stereocenters. The molecule has 0 saturated carbocycles. The third-order valence-corrected chi connectivity index (χ3v) is 5.40. The lowest BCUT2D eigenvalue weighted by molar-refractivity contribution is -0.131. The summed E-state index contributed by atoms with van der Waals surface area (Å²) in [6.07, 6.45) is 6.81. The number of hydrogen-bond donors (Lipinski definition) is 1. The fourth-order valence-electron chi connectivity index (χ4n) is 3.95. The molecule has 1 aliphatic carbocycles. The van der Waals surface area contributed by atoms with Crippen LogP contribution in [-0.2, 0) is 24.2 Å². The number of rotatable bonds is 6. The molecule has 1 aromatic heterocycles. The lowest BCUT2D eigenvalue weighted by atomic mass is 9.95. The van der Waals surface area contributed by atoms with E-state index in [1.165, 1.54) is 6.92 Å². The van der Waals surface area contributed by atoms with Gasteiger partial charge in [0.2, 0.25) is 0 Å². The van der Waals surface area contributed by atoms with Crippen molar-refractivity contribution < 1.29 is 14.3 Å². The van der Waals surface area contributed by atoms with E-state index < -0.39 is 11.9 Å². The van der Waals surface area contributed by atoms with Gasteiger partial charge in [-0.2, -0.15) is 5.26 Å². The molecule has 7 nitrogen and oxygen atoms in total. The highest BCUT2D eigenvalue weighted by Crippen LogP contribution is 2.25. The Morgan fingerprint density at radius 2 is 1.90 bits per heavy atom. The van der Waals surface area contributed by atoms with Gasteiger partial charge in [-0.3, -0.25) is 14.4 Å². The maximum absolute atomic E-state index is 13.3. The molecule has 0 fully saturated rings. The van der Waals surface area contributed by atoms with Gasteiger partial charge in [-0.1, -0.05) is 25.0 Å². The first-order chi connectivity index (χ1) is 15.0. The number of aryl methyl sites for hydroxylation is 1. The molecular formula is C24H27N3O4. The van der Waals surface area contributed by atoms with Crippen LogP contribution in [0.2, 0.25) is 0 Å². The Kier molecular flexibility index (Phi) is 7.60. The summed E-state index contributed by atoms with van der Waals surface area (Å²) < 4.78 is 6.84. The van der Waals surface area contributed by atoms with Gasteiger partial charge >= 0.3 is 5.97 Å². The number of nitrogens with one attached hydrogen (secondary N) is 1. The number of nitrogens with zero attached hydrogens (tertiary/aromatic N) is 2. The van der Waals surface area contributed by atoms with Crippen LogP contribution in [0.4, 0.5) is 5.69 Å². The molecule has 1 N–H and O–H groups in total. The number of pyridine rings is 1. The number of carbonyl (C=O) groups is 2. The molecule has 0 bridgehead atoms. The lowest BCUT2D eigenvalue weighted by Gasteiger charge is -2.21. The number of ether oxygens (including phenoxy) is 1. The van der Waals surface area contributed by atoms with Crippen molar-refractivity contribution in [3.63, 3.8) is 0 Å². The first-order valence-electron chi connectivity index (χ1n) is 10.7. The quantitative estimate of drug-likeness (QED) is 0.432. The number of carbonyl (C=O) groups excluding carboxylic acids is 2. The molecule has 1 aliphatic rings. The fourth-order valence-corrected chi connectivity index (χ4v) is 3.95. The van der Waals surface area contributed by atoms with E-state index in [-0.39, 0.29) is 16.9 Å². The molecule has 0 radical (unpaired) electrons. The molecule has 7 heteroatoms. The Bertz CT molecular complexity index is 1070. The summed E-state index contributed by atoms with van der Waals surface area (Å²) in [5.74, 6) is -0.810. The zero-order valence-corrected chi connectivity index (χ0v) is 17.8. The summed E-state index contributed by atoms with van der Waals surface area (Å²) in [6, 6.07) is 10.4. The number of aromatic nitrogens is 1. The standard InChI is InChI=1S/C24H27N3O4/c1-17(28)31-22-13-7-6-11-20(22)26-23(29)19-16-18-10-4-2-3-5-12-21(18)27(24(19)30)15-9-8-14-25/h6-7,11,13,16H,2-5,8-10,12,15H2,1H3,(H,26,29). The van der Waals surface area contributed by atoms with Crippen molar-refractivity contribution in [1.82, 2.24) is 4.57 Å². The number of unbranched alkanes of at least 4 members (excludes halogenated alkanes) is 1. The average Bonchev–Trinajstić information content (AvgIpc) is 2.71. The van der Waals surface area contributed by atoms with Crippen LogP contribution in [0.15, 0.2) is 35.1 Å². The van der Waals surface area contributed by atoms with Gasteiger partial charge in [0.05, 0.1) is 11.8 Å². The van der Waals surface area contributed by atoms with Gasteiger partial charge < -0.3 is 14.6 Å². The Hall–Kier alpha value is -3.40. The molecule has 0 aliphatic heterocycles. The van der Waals surface area contributed by atoms with Gasteiger partial charge in [0.15, 0.2) is 5.75 Å². The number of benzene rings is 1. The van der Waals surface area contributed by atoms with Crippen LogP contribution in [0.3, 0.4) is 0 Å². The van der Waals surface area contributed by atoms with Crippen LogP contribution in [0.25, 0.3) is 0 Å². The van der Waals surface area contributed by atoms with Crippen LogP contribution in [0.1, 0.15) is 67.1 Å². The van der Waals surface area contributed by atoms with E-state index in [1.807, 2.05) is 0 Å². The van der Waals surface area contributed by atoms with Gasteiger partial charge in [0, 0.05) is 25.6 Å². The molecule has 1 aromatic carbocycles. The van der Waals surface area contributed by atoms with Gasteiger partial charge in [0.25, 0.3) is 11.5 Å². The second-order valence-corrected chi connectivity index (χ2v) is 7.71. The van der Waals surface area contributed by atoms with Gasteiger partial charge in [-0.15, -0.1) is 0 Å². The maximum atomic E-state index is 13.3. The molecule has 0 spiro atoms. The highest BCUT2D eigenvalue weighted by Gasteiger charge is 2.21. The molecule has 1 amide bonds. The molecule has 0 saturated heterocycles. The normalized spacial score (nSPS) is 13.3. The Labute approximate surface area is 181 Å². The first-order valence-corrected chi connectivity index (χ1v) is 10.7. The predicted molar refractivity (Wildman–Crippen MR) is 117 cm³/mol. The van der Waals surface area contributed by atoms with Crippen LogP contribution >= 0.6 is 0 Å². The van der Waals surface area contributed by atoms with E-state index in [0.29, 0.717) is 25.1 Å². The molecular weight excluding hydrogens is 394 g/mol. The van der Waals surface area contributed by atoms with Crippen molar-refractivity contribution >= 4 is 17.6 Å². The van der Waals surface area contributed by atoms with Gasteiger partial charge in [-0.25, -0.2) is 0 Å². The minimum atomic E-state index is -0.538. The van der Waals surface area contributed by atoms with Crippen molar-refractivity contribution in [2.45, 2.75) is 64.8 Å². The first kappa shape index (κ1) is 22.3. The van der Waals surface area contributed by atoms with Crippen molar-refractivity contribution in [3.05, 3.63) is 57.5 Å². The number of para-hydroxylation sites is 2. The Morgan fingerprint density at radius 3 is 2.65 bits per heavy atom. The average molecular weight is 421 g/mol. The van der Waals surface area contributed by atoms with Crippen LogP contribution in [-0.4, -0.2) is 16.4 Å². The smallest absolute Gasteiger partial charge is 0.308 e. The van der Waals surface area contributed by atoms with Crippen molar-refractivity contribution in [2.75, 3.05) is 5.32 Å². The van der Waals surface area contributed by atoms with Gasteiger partial charge in [0.1, 0.15) is 5.56 Å². The van der Waals surface area contributed by atoms with E-state index in [1.54, 1.807) is 34.9 Å². The molecule has 162 valence electrons. The van der Waals surface area contributed by atoms with E-state index in [0.717, 1.165) is 49.8 Å². The van der Waals surface area contributed by atoms with E-state index in [2.05, 4.69) is 11.4 Å². The third kappa shape index (κ3) is 5.60. The summed E-state index contributed by atoms with van der Waals surface area (Å²) in [5, 5.41) is 11.6. The fraction of sp³-hybridized carbons (Fsp3) is 0.417. The number of nitriles is 1. The predicted octanol–water partition coefficient (Wildman–Crippen LogP) is 3.99. The minimum Gasteiger partial charge on any atom is -0.424 e. The number of hydrogen-bond acceptors (Lipinski definition) is 5. The summed E-state index contributed by atoms with van der Waals surface area (Å²) in [7, 11) is 0. The molecule has 2 aromatic rings. The molecule has 3 rings (SSSR count). The monoisotopic (exact) mass is 421 g/mol. The van der Waals surface area contributed by atoms with E-state index in [9.17, 15) is 14.4 Å². The second kappa shape index (κ2) is 10.6. The highest BCUT2D eigenvalue weighted by molar-refractivity contribution is 6.05. The molecule has 31 heavy (non-hydrogen) atoms. The Balaban J connectivity index is 1.98. The van der Waals surface area contributed by atoms with Crippen molar-refractivity contribution in [3.8, 4) is 11.8 Å². The largest absolute Gasteiger partial charge is 0.424 e. The van der Waals surface area contributed by atoms with Crippen molar-refractivity contribution in [1.29, 1.82) is 5.26 Å². The van der Waals surface area contributed by atoms with Crippen LogP contribution in [0.5, 0.6) is 5.75 Å². The third-order valence-electron chi connectivity index (χ3n) is 5.40. The zero-order chi connectivity index (χ0) is 22.2. The zero-order valence-electron chi connectivity index (χ0n) is 17.8. The number of fused-ring (bicyclic) bond motifs is 1. The molecule has 0 unspecified atom stereocenters. The summed E-state index contributed by atoms with van der Waals surface area (Å²) in [4.78, 5) is 37.7. The van der Waals surface area contributed by atoms with Crippen LogP contribution < -0.4 is 15.6 Å². The lowest BCUT2D eigenvalue weighted by Crippen LogP contribution is -2.33. The second-order valence-electron chi connectivity index (χ2n) is 7.71. The molecule has 1 heterocycles. The van der Waals surface area contributed by atoms with E-state index >= 15 is 0 Å². The van der Waals surface area contributed by atoms with Gasteiger partial charge in [-0.05, 0) is 55.9 Å². The SMILES string of the molecule is CC(=O)Oc1ccccc1NC(=O)c1cc2c(n(CCCC#N)c1=O)CCCCCC2. The highest BCUT2D eigenvalue weighted by atomic mass is 16.5. The van der Waals surface area contributed by atoms with Crippen LogP contribution in [0, 0.1) is 11.3 Å². The number of amides is 1. The minimum absolute atomic E-state index is 0.0638. The Morgan fingerprint density at radius 1 is 1.16 bits per heavy atom. The maximum Gasteiger partial charge on any atom is 0.308 e. The van der Waals surface area contributed by atoms with Crippen molar-refractivity contribution in [2.24, 2.45) is 0 Å². The topological polar surface area (TPSA) is 101 Å². The summed E-state index contributed by atoms with van der Waals surface area (Å²) in [6.45, 7) is 1.70. The number of esters is 1. The summed E-state index contributed by atoms with van der Waals surface area (Å²) in [5.41, 5.74) is 2.05.